The zero-order valence-electron chi connectivity index (χ0n) is 19.8. The van der Waals surface area contributed by atoms with Crippen LogP contribution in [0.3, 0.4) is 0 Å². The second kappa shape index (κ2) is 9.83. The number of benzene rings is 3. The number of nitrogens with zero attached hydrogens (tertiary/aromatic N) is 2. The number of allylic oxidation sites excluding steroid dienone is 1. The van der Waals surface area contributed by atoms with Crippen molar-refractivity contribution < 1.29 is 4.79 Å². The number of carbonyl (C=O) groups is 1. The van der Waals surface area contributed by atoms with E-state index in [0.29, 0.717) is 5.56 Å². The van der Waals surface area contributed by atoms with Gasteiger partial charge in [0.05, 0.1) is 11.1 Å². The van der Waals surface area contributed by atoms with E-state index in [1.165, 1.54) is 5.69 Å². The minimum atomic E-state index is -0.0332. The monoisotopic (exact) mass is 434 g/mol. The van der Waals surface area contributed by atoms with Crippen LogP contribution in [0.25, 0.3) is 28.1 Å². The summed E-state index contributed by atoms with van der Waals surface area (Å²) in [4.78, 5) is 20.6. The molecule has 0 N–H and O–H groups in total. The highest BCUT2D eigenvalue weighted by molar-refractivity contribution is 6.16. The number of ketones is 1. The van der Waals surface area contributed by atoms with Gasteiger partial charge in [0.1, 0.15) is 0 Å². The average molecular weight is 435 g/mol. The Kier molecular flexibility index (Phi) is 6.69. The van der Waals surface area contributed by atoms with E-state index in [2.05, 4.69) is 80.3 Å². The summed E-state index contributed by atoms with van der Waals surface area (Å²) >= 11 is 0. The number of fused-ring (bicyclic) bond motifs is 1. The summed E-state index contributed by atoms with van der Waals surface area (Å²) in [6.45, 7) is 10.2. The largest absolute Gasteiger partial charge is 0.372 e. The molecule has 0 saturated carbocycles. The zero-order chi connectivity index (χ0) is 23.4. The van der Waals surface area contributed by atoms with Crippen LogP contribution >= 0.6 is 0 Å². The Morgan fingerprint density at radius 3 is 2.27 bits per heavy atom. The number of pyridine rings is 1. The van der Waals surface area contributed by atoms with E-state index in [1.807, 2.05) is 31.2 Å². The predicted molar refractivity (Wildman–Crippen MR) is 140 cm³/mol. The van der Waals surface area contributed by atoms with E-state index in [1.54, 1.807) is 6.08 Å². The Labute approximate surface area is 196 Å². The van der Waals surface area contributed by atoms with E-state index in [9.17, 15) is 4.79 Å². The van der Waals surface area contributed by atoms with Gasteiger partial charge in [0.2, 0.25) is 0 Å². The van der Waals surface area contributed by atoms with E-state index in [4.69, 9.17) is 4.98 Å². The van der Waals surface area contributed by atoms with Crippen molar-refractivity contribution in [1.29, 1.82) is 0 Å². The molecule has 0 aliphatic rings. The van der Waals surface area contributed by atoms with Crippen molar-refractivity contribution in [3.63, 3.8) is 0 Å². The molecule has 4 aromatic rings. The first-order valence-corrected chi connectivity index (χ1v) is 11.6. The van der Waals surface area contributed by atoms with Crippen molar-refractivity contribution in [3.8, 4) is 11.1 Å². The van der Waals surface area contributed by atoms with Gasteiger partial charge < -0.3 is 4.90 Å². The first-order chi connectivity index (χ1) is 16.0. The molecule has 3 heteroatoms. The van der Waals surface area contributed by atoms with Crippen LogP contribution in [0, 0.1) is 13.8 Å². The van der Waals surface area contributed by atoms with Crippen LogP contribution in [-0.4, -0.2) is 23.9 Å². The molecule has 4 rings (SSSR count). The number of anilines is 1. The highest BCUT2D eigenvalue weighted by Crippen LogP contribution is 2.34. The number of hydrogen-bond donors (Lipinski definition) is 0. The summed E-state index contributed by atoms with van der Waals surface area (Å²) in [5.41, 5.74) is 7.65. The molecule has 33 heavy (non-hydrogen) atoms. The number of hydrogen-bond acceptors (Lipinski definition) is 3. The van der Waals surface area contributed by atoms with E-state index in [0.717, 1.165) is 51.9 Å². The fourth-order valence-electron chi connectivity index (χ4n) is 4.34. The lowest BCUT2D eigenvalue weighted by atomic mass is 9.91. The molecule has 0 radical (unpaired) electrons. The highest BCUT2D eigenvalue weighted by Gasteiger charge is 2.19. The third kappa shape index (κ3) is 4.73. The van der Waals surface area contributed by atoms with E-state index < -0.39 is 0 Å². The molecular formula is C30H30N2O. The minimum Gasteiger partial charge on any atom is -0.372 e. The number of aryl methyl sites for hydroxylation is 2. The lowest BCUT2D eigenvalue weighted by Crippen LogP contribution is -2.21. The van der Waals surface area contributed by atoms with Gasteiger partial charge in [-0.15, -0.1) is 0 Å². The van der Waals surface area contributed by atoms with Gasteiger partial charge in [-0.3, -0.25) is 9.78 Å². The van der Waals surface area contributed by atoms with Crippen molar-refractivity contribution in [1.82, 2.24) is 4.98 Å². The topological polar surface area (TPSA) is 33.2 Å². The summed E-state index contributed by atoms with van der Waals surface area (Å²) in [5, 5.41) is 0.998. The van der Waals surface area contributed by atoms with E-state index in [-0.39, 0.29) is 5.78 Å². The van der Waals surface area contributed by atoms with Gasteiger partial charge >= 0.3 is 0 Å². The maximum atomic E-state index is 13.5. The summed E-state index contributed by atoms with van der Waals surface area (Å²) < 4.78 is 0. The minimum absolute atomic E-state index is 0.0332. The van der Waals surface area contributed by atoms with Crippen LogP contribution in [0.15, 0.2) is 78.9 Å². The maximum absolute atomic E-state index is 13.5. The molecule has 3 nitrogen and oxygen atoms in total. The normalized spacial score (nSPS) is 11.3. The molecular weight excluding hydrogens is 404 g/mol. The molecule has 0 amide bonds. The first-order valence-electron chi connectivity index (χ1n) is 11.6. The third-order valence-electron chi connectivity index (χ3n) is 6.08. The van der Waals surface area contributed by atoms with E-state index >= 15 is 0 Å². The van der Waals surface area contributed by atoms with Crippen LogP contribution in [0.5, 0.6) is 0 Å². The summed E-state index contributed by atoms with van der Waals surface area (Å²) in [5.74, 6) is -0.0332. The fraction of sp³-hybridized carbons (Fsp3) is 0.200. The van der Waals surface area contributed by atoms with Crippen LogP contribution in [0.4, 0.5) is 5.69 Å². The molecule has 0 fully saturated rings. The molecule has 0 saturated heterocycles. The van der Waals surface area contributed by atoms with Crippen LogP contribution in [0.1, 0.15) is 41.0 Å². The Hall–Kier alpha value is -3.72. The van der Waals surface area contributed by atoms with Gasteiger partial charge in [0.15, 0.2) is 5.78 Å². The zero-order valence-corrected chi connectivity index (χ0v) is 19.8. The molecule has 0 atom stereocenters. The lowest BCUT2D eigenvalue weighted by molar-refractivity contribution is 0.104. The molecule has 0 unspecified atom stereocenters. The predicted octanol–water partition coefficient (Wildman–Crippen LogP) is 7.26. The fourth-order valence-corrected chi connectivity index (χ4v) is 4.34. The second-order valence-corrected chi connectivity index (χ2v) is 8.30. The Morgan fingerprint density at radius 2 is 1.61 bits per heavy atom. The molecule has 0 spiro atoms. The molecule has 1 heterocycles. The molecule has 0 aliphatic heterocycles. The van der Waals surface area contributed by atoms with Gasteiger partial charge in [-0.05, 0) is 68.7 Å². The molecule has 3 aromatic carbocycles. The van der Waals surface area contributed by atoms with Gasteiger partial charge in [0.25, 0.3) is 0 Å². The lowest BCUT2D eigenvalue weighted by Gasteiger charge is -2.20. The van der Waals surface area contributed by atoms with Crippen molar-refractivity contribution in [2.24, 2.45) is 0 Å². The molecule has 1 aromatic heterocycles. The third-order valence-corrected chi connectivity index (χ3v) is 6.08. The average Bonchev–Trinajstić information content (AvgIpc) is 2.83. The number of aromatic nitrogens is 1. The Bertz CT molecular complexity index is 1300. The van der Waals surface area contributed by atoms with Gasteiger partial charge in [0, 0.05) is 35.4 Å². The number of rotatable bonds is 7. The SMILES string of the molecule is CCN(CC)c1ccc(/C=C/C(=O)c2c(C)nc3cc(C)ccc3c2-c2ccccc2)cc1. The first kappa shape index (κ1) is 22.5. The molecule has 0 aliphatic carbocycles. The van der Waals surface area contributed by atoms with Gasteiger partial charge in [-0.1, -0.05) is 60.7 Å². The van der Waals surface area contributed by atoms with Gasteiger partial charge in [-0.25, -0.2) is 0 Å². The summed E-state index contributed by atoms with van der Waals surface area (Å²) in [7, 11) is 0. The summed E-state index contributed by atoms with van der Waals surface area (Å²) in [6.07, 6.45) is 3.56. The van der Waals surface area contributed by atoms with Crippen LogP contribution < -0.4 is 4.90 Å². The van der Waals surface area contributed by atoms with Crippen molar-refractivity contribution in [2.45, 2.75) is 27.7 Å². The quantitative estimate of drug-likeness (QED) is 0.227. The molecule has 166 valence electrons. The smallest absolute Gasteiger partial charge is 0.188 e. The van der Waals surface area contributed by atoms with Gasteiger partial charge in [-0.2, -0.15) is 0 Å². The molecule has 0 bridgehead atoms. The number of carbonyl (C=O) groups excluding carboxylic acids is 1. The van der Waals surface area contributed by atoms with Crippen molar-refractivity contribution >= 4 is 28.4 Å². The standard InChI is InChI=1S/C30H30N2O/c1-5-32(6-2)25-16-13-23(14-17-25)15-19-28(33)29-22(4)31-27-20-21(3)12-18-26(27)30(29)24-10-8-7-9-11-24/h7-20H,5-6H2,1-4H3/b19-15+. The van der Waals surface area contributed by atoms with Crippen LogP contribution in [0.2, 0.25) is 0 Å². The summed E-state index contributed by atoms with van der Waals surface area (Å²) in [6, 6.07) is 24.7. The second-order valence-electron chi connectivity index (χ2n) is 8.30. The van der Waals surface area contributed by atoms with Crippen LogP contribution in [-0.2, 0) is 0 Å². The van der Waals surface area contributed by atoms with Crippen molar-refractivity contribution in [2.75, 3.05) is 18.0 Å². The Morgan fingerprint density at radius 1 is 0.909 bits per heavy atom. The van der Waals surface area contributed by atoms with Crippen molar-refractivity contribution in [3.05, 3.63) is 101 Å². The Balaban J connectivity index is 1.75. The highest BCUT2D eigenvalue weighted by atomic mass is 16.1. The maximum Gasteiger partial charge on any atom is 0.188 e.